The quantitative estimate of drug-likeness (QED) is 0.126. The van der Waals surface area contributed by atoms with Gasteiger partial charge >= 0.3 is 0 Å². The molecule has 0 spiro atoms. The summed E-state index contributed by atoms with van der Waals surface area (Å²) < 4.78 is 0. The van der Waals surface area contributed by atoms with Crippen LogP contribution in [0.2, 0.25) is 0 Å². The zero-order chi connectivity index (χ0) is 46.8. The Balaban J connectivity index is 1.12. The number of fused-ring (bicyclic) bond motifs is 4. The van der Waals surface area contributed by atoms with Crippen LogP contribution in [0.1, 0.15) is 52.7 Å². The molecule has 13 rings (SSSR count). The van der Waals surface area contributed by atoms with E-state index < -0.39 is 0 Å². The lowest BCUT2D eigenvalue weighted by molar-refractivity contribution is 0.590. The van der Waals surface area contributed by atoms with Gasteiger partial charge in [0.1, 0.15) is 0 Å². The highest BCUT2D eigenvalue weighted by molar-refractivity contribution is 7.00. The highest BCUT2D eigenvalue weighted by atomic mass is 15.2. The van der Waals surface area contributed by atoms with Crippen molar-refractivity contribution in [1.82, 2.24) is 0 Å². The highest BCUT2D eigenvalue weighted by Gasteiger charge is 2.44. The molecule has 3 heteroatoms. The van der Waals surface area contributed by atoms with Crippen molar-refractivity contribution >= 4 is 89.5 Å². The largest absolute Gasteiger partial charge is 0.311 e. The van der Waals surface area contributed by atoms with Crippen molar-refractivity contribution in [2.45, 2.75) is 52.4 Å². The van der Waals surface area contributed by atoms with Crippen molar-refractivity contribution in [3.63, 3.8) is 0 Å². The van der Waals surface area contributed by atoms with Crippen LogP contribution in [0, 0.1) is 0 Å². The van der Waals surface area contributed by atoms with Gasteiger partial charge in [0.05, 0.1) is 5.69 Å². The fourth-order valence-electron chi connectivity index (χ4n) is 11.6. The molecule has 0 atom stereocenters. The molecule has 330 valence electrons. The first-order valence-electron chi connectivity index (χ1n) is 24.5. The van der Waals surface area contributed by atoms with Gasteiger partial charge in [0.15, 0.2) is 0 Å². The lowest BCUT2D eigenvalue weighted by Crippen LogP contribution is -2.61. The summed E-state index contributed by atoms with van der Waals surface area (Å²) >= 11 is 0. The summed E-state index contributed by atoms with van der Waals surface area (Å²) in [4.78, 5) is 5.13. The second-order valence-corrected chi connectivity index (χ2v) is 21.3. The zero-order valence-corrected chi connectivity index (χ0v) is 40.2. The lowest BCUT2D eigenvalue weighted by atomic mass is 9.33. The fourth-order valence-corrected chi connectivity index (χ4v) is 11.6. The van der Waals surface area contributed by atoms with Crippen LogP contribution in [0.5, 0.6) is 0 Å². The summed E-state index contributed by atoms with van der Waals surface area (Å²) in [6, 6.07) is 80.4. The molecule has 11 aromatic carbocycles. The molecule has 0 N–H and O–H groups in total. The standard InChI is InChI=1S/C66H53BN2/c1-65(2,3)49-29-32-51(33-30-49)68-58-36-27-47(42-15-9-7-10-16-42)39-55(58)67-56-40-48(43-17-11-8-12-18-43)28-37-59(56)69(61-22-14-21-60(68)64(61)67)57-38-31-50(66(4,5)6)41-54(57)52-34-25-46-24-23-44-19-13-20-45-26-35-53(52)63(46)62(44)45/h7-41H,1-6H3. The van der Waals surface area contributed by atoms with Gasteiger partial charge in [-0.15, -0.1) is 0 Å². The number of benzene rings is 11. The van der Waals surface area contributed by atoms with Gasteiger partial charge in [0, 0.05) is 34.0 Å². The molecule has 69 heavy (non-hydrogen) atoms. The van der Waals surface area contributed by atoms with Crippen LogP contribution in [0.25, 0.3) is 65.7 Å². The summed E-state index contributed by atoms with van der Waals surface area (Å²) in [6.07, 6.45) is 0. The number of nitrogens with zero attached hydrogens (tertiary/aromatic N) is 2. The topological polar surface area (TPSA) is 6.48 Å². The molecule has 2 heterocycles. The Morgan fingerprint density at radius 1 is 0.333 bits per heavy atom. The Hall–Kier alpha value is -7.88. The number of hydrogen-bond donors (Lipinski definition) is 0. The van der Waals surface area contributed by atoms with Crippen molar-refractivity contribution in [1.29, 1.82) is 0 Å². The average Bonchev–Trinajstić information content (AvgIpc) is 3.37. The Morgan fingerprint density at radius 3 is 1.45 bits per heavy atom. The van der Waals surface area contributed by atoms with Gasteiger partial charge in [-0.3, -0.25) is 0 Å². The average molecular weight is 885 g/mol. The molecule has 0 saturated heterocycles. The smallest absolute Gasteiger partial charge is 0.252 e. The van der Waals surface area contributed by atoms with Gasteiger partial charge in [-0.2, -0.15) is 0 Å². The number of rotatable bonds is 5. The summed E-state index contributed by atoms with van der Waals surface area (Å²) in [5, 5.41) is 7.77. The van der Waals surface area contributed by atoms with Gasteiger partial charge in [0.25, 0.3) is 6.71 Å². The molecule has 0 aliphatic carbocycles. The first kappa shape index (κ1) is 41.3. The summed E-state index contributed by atoms with van der Waals surface area (Å²) in [7, 11) is 0. The van der Waals surface area contributed by atoms with E-state index in [0.717, 1.165) is 5.69 Å². The fraction of sp³-hybridized carbons (Fsp3) is 0.121. The Morgan fingerprint density at radius 2 is 0.841 bits per heavy atom. The van der Waals surface area contributed by atoms with Gasteiger partial charge in [0.2, 0.25) is 0 Å². The minimum Gasteiger partial charge on any atom is -0.311 e. The third-order valence-electron chi connectivity index (χ3n) is 15.1. The molecule has 0 amide bonds. The lowest BCUT2D eigenvalue weighted by Gasteiger charge is -2.45. The van der Waals surface area contributed by atoms with E-state index in [-0.39, 0.29) is 17.5 Å². The van der Waals surface area contributed by atoms with Crippen molar-refractivity contribution in [3.8, 4) is 33.4 Å². The van der Waals surface area contributed by atoms with Gasteiger partial charge in [-0.05, 0) is 147 Å². The van der Waals surface area contributed by atoms with Gasteiger partial charge < -0.3 is 9.80 Å². The molecule has 0 aromatic heterocycles. The third kappa shape index (κ3) is 6.55. The van der Waals surface area contributed by atoms with Crippen molar-refractivity contribution < 1.29 is 0 Å². The Kier molecular flexibility index (Phi) is 9.18. The molecule has 2 aliphatic heterocycles. The van der Waals surface area contributed by atoms with Crippen LogP contribution in [0.15, 0.2) is 212 Å². The molecule has 11 aromatic rings. The second-order valence-electron chi connectivity index (χ2n) is 21.3. The third-order valence-corrected chi connectivity index (χ3v) is 15.1. The molecule has 0 saturated carbocycles. The van der Waals surface area contributed by atoms with E-state index in [9.17, 15) is 0 Å². The van der Waals surface area contributed by atoms with E-state index in [1.165, 1.54) is 122 Å². The molecule has 0 unspecified atom stereocenters. The second kappa shape index (κ2) is 15.3. The van der Waals surface area contributed by atoms with Crippen LogP contribution in [-0.4, -0.2) is 6.71 Å². The van der Waals surface area contributed by atoms with Crippen LogP contribution < -0.4 is 26.2 Å². The van der Waals surface area contributed by atoms with Crippen LogP contribution in [0.3, 0.4) is 0 Å². The predicted molar refractivity (Wildman–Crippen MR) is 298 cm³/mol. The van der Waals surface area contributed by atoms with Crippen LogP contribution in [0.4, 0.5) is 34.1 Å². The SMILES string of the molecule is CC(C)(C)c1ccc(N2c3ccc(-c4ccccc4)cc3B3c4cc(-c5ccccc5)ccc4N(c4ccc(C(C)(C)C)cc4-c4ccc5ccc6cccc7ccc4c5c67)c4cccc2c43)cc1. The highest BCUT2D eigenvalue weighted by Crippen LogP contribution is 2.50. The first-order chi connectivity index (χ1) is 33.5. The maximum Gasteiger partial charge on any atom is 0.252 e. The molecular weight excluding hydrogens is 832 g/mol. The van der Waals surface area contributed by atoms with Crippen LogP contribution in [-0.2, 0) is 10.8 Å². The van der Waals surface area contributed by atoms with Gasteiger partial charge in [-0.1, -0.05) is 205 Å². The molecule has 0 bridgehead atoms. The predicted octanol–water partition coefficient (Wildman–Crippen LogP) is 16.3. The van der Waals surface area contributed by atoms with E-state index in [1.54, 1.807) is 0 Å². The number of hydrogen-bond acceptors (Lipinski definition) is 2. The monoisotopic (exact) mass is 884 g/mol. The first-order valence-corrected chi connectivity index (χ1v) is 24.5. The Bertz CT molecular complexity index is 3790. The molecular formula is C66H53BN2. The van der Waals surface area contributed by atoms with E-state index in [0.29, 0.717) is 0 Å². The van der Waals surface area contributed by atoms with E-state index in [2.05, 4.69) is 264 Å². The molecule has 2 aliphatic rings. The van der Waals surface area contributed by atoms with Crippen molar-refractivity contribution in [2.75, 3.05) is 9.80 Å². The van der Waals surface area contributed by atoms with E-state index >= 15 is 0 Å². The summed E-state index contributed by atoms with van der Waals surface area (Å²) in [5.41, 5.74) is 21.0. The number of anilines is 6. The van der Waals surface area contributed by atoms with E-state index in [1.807, 2.05) is 0 Å². The zero-order valence-electron chi connectivity index (χ0n) is 40.2. The minimum absolute atomic E-state index is 0.0373. The van der Waals surface area contributed by atoms with Crippen molar-refractivity contribution in [3.05, 3.63) is 223 Å². The maximum atomic E-state index is 2.60. The van der Waals surface area contributed by atoms with Crippen LogP contribution >= 0.6 is 0 Å². The summed E-state index contributed by atoms with van der Waals surface area (Å²) in [5.74, 6) is 0. The van der Waals surface area contributed by atoms with Gasteiger partial charge in [-0.25, -0.2) is 0 Å². The molecule has 0 fully saturated rings. The molecule has 2 nitrogen and oxygen atoms in total. The molecule has 0 radical (unpaired) electrons. The normalized spacial score (nSPS) is 13.3. The van der Waals surface area contributed by atoms with Crippen molar-refractivity contribution in [2.24, 2.45) is 0 Å². The maximum absolute atomic E-state index is 2.60. The van der Waals surface area contributed by atoms with E-state index in [4.69, 9.17) is 0 Å². The minimum atomic E-state index is -0.0678. The summed E-state index contributed by atoms with van der Waals surface area (Å²) in [6.45, 7) is 13.8. The Labute approximate surface area is 406 Å².